The molecule has 0 aliphatic carbocycles. The van der Waals surface area contributed by atoms with E-state index in [9.17, 15) is 0 Å². The monoisotopic (exact) mass is 366 g/mol. The minimum Gasteiger partial charge on any atom is -0.377 e. The van der Waals surface area contributed by atoms with Crippen molar-refractivity contribution in [3.8, 4) is 0 Å². The predicted octanol–water partition coefficient (Wildman–Crippen LogP) is 2.35. The van der Waals surface area contributed by atoms with Crippen LogP contribution in [0.5, 0.6) is 0 Å². The number of anilines is 2. The highest BCUT2D eigenvalue weighted by atomic mass is 15.1. The number of pyridine rings is 1. The van der Waals surface area contributed by atoms with Gasteiger partial charge >= 0.3 is 0 Å². The zero-order valence-corrected chi connectivity index (χ0v) is 17.0. The number of rotatable bonds is 8. The van der Waals surface area contributed by atoms with Crippen LogP contribution in [0.25, 0.3) is 21.8 Å². The molecule has 0 amide bonds. The van der Waals surface area contributed by atoms with Crippen molar-refractivity contribution in [2.45, 2.75) is 13.0 Å². The van der Waals surface area contributed by atoms with Crippen LogP contribution < -0.4 is 25.4 Å². The Morgan fingerprint density at radius 3 is 1.85 bits per heavy atom. The number of hydrogen-bond donors (Lipinski definition) is 2. The molecule has 3 N–H and O–H groups in total. The van der Waals surface area contributed by atoms with E-state index in [4.69, 9.17) is 5.73 Å². The zero-order valence-electron chi connectivity index (χ0n) is 17.0. The molecule has 1 heterocycles. The summed E-state index contributed by atoms with van der Waals surface area (Å²) in [6.45, 7) is 3.50. The molecule has 0 radical (unpaired) electrons. The smallest absolute Gasteiger partial charge is 0.215 e. The number of benzene rings is 2. The van der Waals surface area contributed by atoms with E-state index in [1.807, 2.05) is 0 Å². The van der Waals surface area contributed by atoms with Gasteiger partial charge in [-0.1, -0.05) is 0 Å². The topological polar surface area (TPSA) is 48.4 Å². The first-order valence-corrected chi connectivity index (χ1v) is 9.67. The summed E-state index contributed by atoms with van der Waals surface area (Å²) in [6.07, 6.45) is 1.07. The van der Waals surface area contributed by atoms with Gasteiger partial charge in [0, 0.05) is 88.5 Å². The molecule has 5 heteroatoms. The Bertz CT molecular complexity index is 851. The van der Waals surface area contributed by atoms with Crippen LogP contribution in [0.2, 0.25) is 0 Å². The molecule has 5 nitrogen and oxygen atoms in total. The molecule has 0 spiro atoms. The highest BCUT2D eigenvalue weighted by molar-refractivity contribution is 5.91. The van der Waals surface area contributed by atoms with Crippen LogP contribution in [0.3, 0.4) is 0 Å². The van der Waals surface area contributed by atoms with Gasteiger partial charge in [-0.15, -0.1) is 0 Å². The Morgan fingerprint density at radius 1 is 0.815 bits per heavy atom. The van der Waals surface area contributed by atoms with Crippen LogP contribution in [-0.2, 0) is 6.54 Å². The van der Waals surface area contributed by atoms with E-state index >= 15 is 0 Å². The molecule has 3 aromatic rings. The van der Waals surface area contributed by atoms with Gasteiger partial charge in [0.05, 0.1) is 0 Å². The van der Waals surface area contributed by atoms with Gasteiger partial charge in [0.15, 0.2) is 6.54 Å². The van der Waals surface area contributed by atoms with Crippen LogP contribution in [0.1, 0.15) is 6.42 Å². The highest BCUT2D eigenvalue weighted by Crippen LogP contribution is 2.25. The normalized spacial score (nSPS) is 11.3. The summed E-state index contributed by atoms with van der Waals surface area (Å²) in [5.74, 6) is 0. The molecule has 1 aromatic heterocycles. The number of aryl methyl sites for hydroxylation is 1. The predicted molar refractivity (Wildman–Crippen MR) is 117 cm³/mol. The van der Waals surface area contributed by atoms with E-state index in [0.29, 0.717) is 6.54 Å². The molecular formula is C22H32N5+. The third kappa shape index (κ3) is 4.31. The summed E-state index contributed by atoms with van der Waals surface area (Å²) in [6, 6.07) is 15.7. The second-order valence-electron chi connectivity index (χ2n) is 7.46. The van der Waals surface area contributed by atoms with E-state index < -0.39 is 0 Å². The summed E-state index contributed by atoms with van der Waals surface area (Å²) in [5.41, 5.74) is 10.6. The SMILES string of the molecule is CN(C)c1ccc2cc3ccc(N(C)C)cc3[n+](CCCNCCN)c2c1. The minimum absolute atomic E-state index is 0.683. The lowest BCUT2D eigenvalue weighted by atomic mass is 10.1. The molecule has 144 valence electrons. The van der Waals surface area contributed by atoms with Gasteiger partial charge in [0.1, 0.15) is 0 Å². The average molecular weight is 367 g/mol. The van der Waals surface area contributed by atoms with E-state index in [2.05, 4.69) is 90.3 Å². The molecule has 0 aliphatic rings. The van der Waals surface area contributed by atoms with E-state index in [1.165, 1.54) is 33.2 Å². The fraction of sp³-hybridized carbons (Fsp3) is 0.409. The van der Waals surface area contributed by atoms with Gasteiger partial charge in [-0.05, 0) is 30.3 Å². The largest absolute Gasteiger partial charge is 0.377 e. The van der Waals surface area contributed by atoms with Crippen molar-refractivity contribution >= 4 is 33.2 Å². The first-order valence-electron chi connectivity index (χ1n) is 9.67. The highest BCUT2D eigenvalue weighted by Gasteiger charge is 2.17. The minimum atomic E-state index is 0.683. The lowest BCUT2D eigenvalue weighted by Crippen LogP contribution is -2.37. The Balaban J connectivity index is 2.11. The molecular weight excluding hydrogens is 334 g/mol. The van der Waals surface area contributed by atoms with Crippen LogP contribution in [-0.4, -0.2) is 47.8 Å². The molecule has 0 saturated heterocycles. The van der Waals surface area contributed by atoms with Crippen molar-refractivity contribution in [2.75, 3.05) is 57.6 Å². The summed E-state index contributed by atoms with van der Waals surface area (Å²) in [5, 5.41) is 5.96. The average Bonchev–Trinajstić information content (AvgIpc) is 2.66. The Labute approximate surface area is 162 Å². The summed E-state index contributed by atoms with van der Waals surface area (Å²) in [4.78, 5) is 4.32. The van der Waals surface area contributed by atoms with Gasteiger partial charge in [0.2, 0.25) is 11.0 Å². The van der Waals surface area contributed by atoms with Crippen molar-refractivity contribution in [1.82, 2.24) is 5.32 Å². The van der Waals surface area contributed by atoms with Gasteiger partial charge in [-0.25, -0.2) is 0 Å². The van der Waals surface area contributed by atoms with Gasteiger partial charge < -0.3 is 20.9 Å². The second kappa shape index (κ2) is 8.55. The first-order chi connectivity index (χ1) is 13.0. The second-order valence-corrected chi connectivity index (χ2v) is 7.46. The first kappa shape index (κ1) is 19.4. The quantitative estimate of drug-likeness (QED) is 0.365. The molecule has 27 heavy (non-hydrogen) atoms. The number of hydrogen-bond acceptors (Lipinski definition) is 4. The lowest BCUT2D eigenvalue weighted by Gasteiger charge is -2.15. The fourth-order valence-electron chi connectivity index (χ4n) is 3.46. The summed E-state index contributed by atoms with van der Waals surface area (Å²) >= 11 is 0. The van der Waals surface area contributed by atoms with Crippen LogP contribution >= 0.6 is 0 Å². The Morgan fingerprint density at radius 2 is 1.37 bits per heavy atom. The number of fused-ring (bicyclic) bond motifs is 2. The number of nitrogens with two attached hydrogens (primary N) is 1. The Kier molecular flexibility index (Phi) is 6.14. The van der Waals surface area contributed by atoms with Gasteiger partial charge in [-0.3, -0.25) is 0 Å². The van der Waals surface area contributed by atoms with Crippen LogP contribution in [0, 0.1) is 0 Å². The molecule has 0 atom stereocenters. The number of aromatic nitrogens is 1. The standard InChI is InChI=1S/C22H32N5/c1-25(2)19-8-6-17-14-18-7-9-20(26(3)4)16-22(18)27(21(17)15-19)13-5-11-24-12-10-23/h6-9,14-16,24H,5,10-13,23H2,1-4H3/q+1. The molecule has 0 unspecified atom stereocenters. The van der Waals surface area contributed by atoms with Crippen molar-refractivity contribution in [1.29, 1.82) is 0 Å². The van der Waals surface area contributed by atoms with E-state index in [0.717, 1.165) is 26.1 Å². The van der Waals surface area contributed by atoms with E-state index in [-0.39, 0.29) is 0 Å². The number of nitrogens with zero attached hydrogens (tertiary/aromatic N) is 3. The molecule has 3 rings (SSSR count). The molecule has 0 bridgehead atoms. The molecule has 0 aliphatic heterocycles. The van der Waals surface area contributed by atoms with Crippen LogP contribution in [0.15, 0.2) is 42.5 Å². The van der Waals surface area contributed by atoms with Crippen molar-refractivity contribution < 1.29 is 4.57 Å². The van der Waals surface area contributed by atoms with Gasteiger partial charge in [0.25, 0.3) is 0 Å². The maximum Gasteiger partial charge on any atom is 0.215 e. The molecule has 0 fully saturated rings. The lowest BCUT2D eigenvalue weighted by molar-refractivity contribution is -0.645. The van der Waals surface area contributed by atoms with Crippen LogP contribution in [0.4, 0.5) is 11.4 Å². The fourth-order valence-corrected chi connectivity index (χ4v) is 3.46. The third-order valence-electron chi connectivity index (χ3n) is 5.01. The van der Waals surface area contributed by atoms with E-state index in [1.54, 1.807) is 0 Å². The number of nitrogens with one attached hydrogen (secondary N) is 1. The molecule has 0 saturated carbocycles. The zero-order chi connectivity index (χ0) is 19.4. The third-order valence-corrected chi connectivity index (χ3v) is 5.01. The molecule has 2 aromatic carbocycles. The maximum atomic E-state index is 5.58. The van der Waals surface area contributed by atoms with Crippen molar-refractivity contribution in [3.63, 3.8) is 0 Å². The summed E-state index contributed by atoms with van der Waals surface area (Å²) < 4.78 is 2.47. The maximum absolute atomic E-state index is 5.58. The Hall–Kier alpha value is -2.37. The van der Waals surface area contributed by atoms with Crippen molar-refractivity contribution in [3.05, 3.63) is 42.5 Å². The summed E-state index contributed by atoms with van der Waals surface area (Å²) in [7, 11) is 8.36. The van der Waals surface area contributed by atoms with Crippen molar-refractivity contribution in [2.24, 2.45) is 5.73 Å². The van der Waals surface area contributed by atoms with Gasteiger partial charge in [-0.2, -0.15) is 4.57 Å².